The summed E-state index contributed by atoms with van der Waals surface area (Å²) in [5.74, 6) is -0.378. The third kappa shape index (κ3) is 9.10. The number of anilines is 1. The van der Waals surface area contributed by atoms with E-state index in [1.165, 1.54) is 37.3 Å². The zero-order chi connectivity index (χ0) is 35.7. The molecular weight excluding hydrogens is 697 g/mol. The Morgan fingerprint density at radius 3 is 2.18 bits per heavy atom. The van der Waals surface area contributed by atoms with Gasteiger partial charge in [0.05, 0.1) is 24.8 Å². The predicted molar refractivity (Wildman–Crippen MR) is 196 cm³/mol. The maximum Gasteiger partial charge on any atom is 0.264 e. The molecule has 0 saturated heterocycles. The van der Waals surface area contributed by atoms with Crippen LogP contribution in [0.15, 0.2) is 102 Å². The monoisotopic (exact) mass is 737 g/mol. The van der Waals surface area contributed by atoms with Crippen LogP contribution < -0.4 is 19.1 Å². The van der Waals surface area contributed by atoms with Crippen LogP contribution in [0.5, 0.6) is 11.5 Å². The highest BCUT2D eigenvalue weighted by molar-refractivity contribution is 7.92. The molecule has 0 bridgehead atoms. The third-order valence-electron chi connectivity index (χ3n) is 8.84. The molecule has 0 aromatic heterocycles. The number of carbonyl (C=O) groups excluding carboxylic acids is 2. The van der Waals surface area contributed by atoms with Crippen LogP contribution in [-0.2, 0) is 32.6 Å². The molecule has 5 rings (SSSR count). The second-order valence-corrected chi connectivity index (χ2v) is 14.9. The van der Waals surface area contributed by atoms with Crippen molar-refractivity contribution in [1.82, 2.24) is 10.2 Å². The lowest BCUT2D eigenvalue weighted by molar-refractivity contribution is -0.140. The smallest absolute Gasteiger partial charge is 0.264 e. The first-order valence-corrected chi connectivity index (χ1v) is 18.7. The summed E-state index contributed by atoms with van der Waals surface area (Å²) in [6, 6.07) is 25.9. The van der Waals surface area contributed by atoms with E-state index in [0.29, 0.717) is 21.4 Å². The number of rotatable bonds is 14. The summed E-state index contributed by atoms with van der Waals surface area (Å²) in [4.78, 5) is 30.6. The Kier molecular flexibility index (Phi) is 12.7. The second-order valence-electron chi connectivity index (χ2n) is 12.2. The number of methoxy groups -OCH3 is 2. The minimum Gasteiger partial charge on any atom is -0.497 e. The van der Waals surface area contributed by atoms with Crippen molar-refractivity contribution in [3.8, 4) is 11.5 Å². The van der Waals surface area contributed by atoms with Gasteiger partial charge in [0.25, 0.3) is 10.0 Å². The van der Waals surface area contributed by atoms with Gasteiger partial charge >= 0.3 is 0 Å². The highest BCUT2D eigenvalue weighted by Crippen LogP contribution is 2.36. The summed E-state index contributed by atoms with van der Waals surface area (Å²) in [6.45, 7) is -0.743. The lowest BCUT2D eigenvalue weighted by Gasteiger charge is -2.35. The van der Waals surface area contributed by atoms with E-state index in [1.807, 2.05) is 30.3 Å². The van der Waals surface area contributed by atoms with E-state index >= 15 is 0 Å². The number of benzene rings is 4. The van der Waals surface area contributed by atoms with Crippen LogP contribution in [0.25, 0.3) is 0 Å². The normalized spacial score (nSPS) is 14.0. The summed E-state index contributed by atoms with van der Waals surface area (Å²) >= 11 is 12.9. The van der Waals surface area contributed by atoms with Crippen molar-refractivity contribution in [3.05, 3.63) is 118 Å². The van der Waals surface area contributed by atoms with Crippen LogP contribution in [0.1, 0.15) is 43.2 Å². The molecule has 264 valence electrons. The number of nitrogens with one attached hydrogen (secondary N) is 1. The highest BCUT2D eigenvalue weighted by Gasteiger charge is 2.36. The number of carbonyl (C=O) groups is 2. The number of amides is 2. The zero-order valence-corrected chi connectivity index (χ0v) is 30.4. The Labute approximate surface area is 304 Å². The van der Waals surface area contributed by atoms with Gasteiger partial charge < -0.3 is 19.7 Å². The van der Waals surface area contributed by atoms with Gasteiger partial charge in [-0.25, -0.2) is 8.42 Å². The Balaban J connectivity index is 1.62. The van der Waals surface area contributed by atoms with Gasteiger partial charge in [-0.2, -0.15) is 0 Å². The average molecular weight is 739 g/mol. The van der Waals surface area contributed by atoms with Gasteiger partial charge in [0.15, 0.2) is 0 Å². The molecule has 2 amide bonds. The Morgan fingerprint density at radius 1 is 0.860 bits per heavy atom. The standard InChI is InChI=1S/C38H41Cl2N3O6S/c1-48-31-20-21-36(49-2)34(24-31)43(50(46,47)32-16-10-5-11-17-32)26-37(44)42(25-28-18-19-29(39)23-33(28)40)35(22-27-12-6-3-7-13-27)38(45)41-30-14-8-4-9-15-30/h3,5-7,10-13,16-21,23-24,30,35H,4,8-9,14-15,22,25-26H2,1-2H3,(H,41,45)/t35-/m1/s1. The van der Waals surface area contributed by atoms with Crippen LogP contribution in [0.3, 0.4) is 0 Å². The molecular formula is C38H41Cl2N3O6S. The number of nitrogens with zero attached hydrogens (tertiary/aromatic N) is 2. The molecule has 0 unspecified atom stereocenters. The van der Waals surface area contributed by atoms with E-state index < -0.39 is 28.5 Å². The Bertz CT molecular complexity index is 1870. The van der Waals surface area contributed by atoms with Gasteiger partial charge in [-0.05, 0) is 60.4 Å². The SMILES string of the molecule is COc1ccc(OC)c(N(CC(=O)N(Cc2ccc(Cl)cc2Cl)[C@H](Cc2ccccc2)C(=O)NC2CCCCC2)S(=O)(=O)c2ccccc2)c1. The molecule has 4 aromatic carbocycles. The van der Waals surface area contributed by atoms with E-state index in [2.05, 4.69) is 5.32 Å². The summed E-state index contributed by atoms with van der Waals surface area (Å²) in [5, 5.41) is 3.93. The van der Waals surface area contributed by atoms with E-state index in [9.17, 15) is 18.0 Å². The summed E-state index contributed by atoms with van der Waals surface area (Å²) in [6.07, 6.45) is 5.00. The molecule has 0 heterocycles. The van der Waals surface area contributed by atoms with Gasteiger partial charge in [0, 0.05) is 35.1 Å². The minimum atomic E-state index is -4.35. The molecule has 0 aliphatic heterocycles. The van der Waals surface area contributed by atoms with Crippen molar-refractivity contribution >= 4 is 50.7 Å². The van der Waals surface area contributed by atoms with Crippen molar-refractivity contribution in [2.45, 2.75) is 62.0 Å². The van der Waals surface area contributed by atoms with Crippen LogP contribution >= 0.6 is 23.2 Å². The predicted octanol–water partition coefficient (Wildman–Crippen LogP) is 7.29. The number of ether oxygens (including phenoxy) is 2. The van der Waals surface area contributed by atoms with Crippen molar-refractivity contribution < 1.29 is 27.5 Å². The number of halogens is 2. The molecule has 0 spiro atoms. The fourth-order valence-electron chi connectivity index (χ4n) is 6.16. The average Bonchev–Trinajstić information content (AvgIpc) is 3.13. The van der Waals surface area contributed by atoms with Gasteiger partial charge in [0.2, 0.25) is 11.8 Å². The van der Waals surface area contributed by atoms with Crippen LogP contribution in [-0.4, -0.2) is 58.0 Å². The Hall–Kier alpha value is -4.25. The first-order valence-electron chi connectivity index (χ1n) is 16.5. The number of hydrogen-bond acceptors (Lipinski definition) is 6. The first-order chi connectivity index (χ1) is 24.1. The lowest BCUT2D eigenvalue weighted by atomic mass is 9.94. The molecule has 1 fully saturated rings. The largest absolute Gasteiger partial charge is 0.497 e. The number of sulfonamides is 1. The molecule has 0 radical (unpaired) electrons. The van der Waals surface area contributed by atoms with Crippen molar-refractivity contribution in [1.29, 1.82) is 0 Å². The summed E-state index contributed by atoms with van der Waals surface area (Å²) in [5.41, 5.74) is 1.48. The molecule has 1 aliphatic carbocycles. The number of hydrogen-bond donors (Lipinski definition) is 1. The van der Waals surface area contributed by atoms with Crippen molar-refractivity contribution in [2.75, 3.05) is 25.1 Å². The van der Waals surface area contributed by atoms with E-state index in [4.69, 9.17) is 32.7 Å². The zero-order valence-electron chi connectivity index (χ0n) is 28.1. The second kappa shape index (κ2) is 17.1. The van der Waals surface area contributed by atoms with Crippen molar-refractivity contribution in [2.24, 2.45) is 0 Å². The maximum atomic E-state index is 14.9. The van der Waals surface area contributed by atoms with Gasteiger partial charge in [-0.3, -0.25) is 13.9 Å². The Morgan fingerprint density at radius 2 is 1.54 bits per heavy atom. The lowest BCUT2D eigenvalue weighted by Crippen LogP contribution is -2.55. The molecule has 12 heteroatoms. The van der Waals surface area contributed by atoms with Gasteiger partial charge in [-0.15, -0.1) is 0 Å². The van der Waals surface area contributed by atoms with E-state index in [1.54, 1.807) is 48.5 Å². The van der Waals surface area contributed by atoms with Gasteiger partial charge in [0.1, 0.15) is 24.1 Å². The van der Waals surface area contributed by atoms with Crippen LogP contribution in [0, 0.1) is 0 Å². The quantitative estimate of drug-likeness (QED) is 0.146. The minimum absolute atomic E-state index is 0.0263. The fourth-order valence-corrected chi connectivity index (χ4v) is 8.06. The molecule has 9 nitrogen and oxygen atoms in total. The van der Waals surface area contributed by atoms with Crippen LogP contribution in [0.2, 0.25) is 10.0 Å². The first kappa shape index (κ1) is 37.0. The fraction of sp³-hybridized carbons (Fsp3) is 0.316. The van der Waals surface area contributed by atoms with Crippen LogP contribution in [0.4, 0.5) is 5.69 Å². The van der Waals surface area contributed by atoms with E-state index in [-0.39, 0.29) is 41.2 Å². The molecule has 1 atom stereocenters. The summed E-state index contributed by atoms with van der Waals surface area (Å²) in [7, 11) is -1.47. The van der Waals surface area contributed by atoms with E-state index in [0.717, 1.165) is 42.0 Å². The molecule has 50 heavy (non-hydrogen) atoms. The highest BCUT2D eigenvalue weighted by atomic mass is 35.5. The van der Waals surface area contributed by atoms with Gasteiger partial charge in [-0.1, -0.05) is 97.1 Å². The molecule has 1 aliphatic rings. The molecule has 1 saturated carbocycles. The topological polar surface area (TPSA) is 105 Å². The molecule has 1 N–H and O–H groups in total. The summed E-state index contributed by atoms with van der Waals surface area (Å²) < 4.78 is 40.8. The molecule has 4 aromatic rings. The van der Waals surface area contributed by atoms with Crippen molar-refractivity contribution in [3.63, 3.8) is 0 Å². The third-order valence-corrected chi connectivity index (χ3v) is 11.2. The maximum absolute atomic E-state index is 14.9.